The molecule has 2 rings (SSSR count). The molecule has 0 aliphatic carbocycles. The van der Waals surface area contributed by atoms with Crippen LogP contribution < -0.4 is 0 Å². The Morgan fingerprint density at radius 3 is 0.833 bits per heavy atom. The summed E-state index contributed by atoms with van der Waals surface area (Å²) in [5, 5.41) is 0. The Hall–Kier alpha value is -2.22. The van der Waals surface area contributed by atoms with Crippen LogP contribution >= 0.6 is 0 Å². The van der Waals surface area contributed by atoms with Gasteiger partial charge in [0.25, 0.3) is 0 Å². The molecule has 2 aromatic carbocycles. The molecule has 0 bridgehead atoms. The molecule has 0 saturated heterocycles. The van der Waals surface area contributed by atoms with Crippen molar-refractivity contribution in [3.63, 3.8) is 0 Å². The molecule has 0 amide bonds. The lowest BCUT2D eigenvalue weighted by atomic mass is 10.2. The van der Waals surface area contributed by atoms with E-state index in [0.717, 1.165) is 11.1 Å². The molecule has 134 valence electrons. The molecule has 0 atom stereocenters. The highest BCUT2D eigenvalue weighted by Gasteiger charge is 1.93. The molecule has 0 fully saturated rings. The van der Waals surface area contributed by atoms with Gasteiger partial charge in [0.05, 0.1) is 0 Å². The van der Waals surface area contributed by atoms with Crippen molar-refractivity contribution in [2.45, 2.75) is 55.4 Å². The Labute approximate surface area is 148 Å². The summed E-state index contributed by atoms with van der Waals surface area (Å²) in [6, 6.07) is 18.5. The maximum absolute atomic E-state index is 10.6. The standard InChI is InChI=1S/2C8H8O.3C2H6/c2*1-7(9)8-5-3-2-4-6-8;3*1-2/h2*2-6H,1H3;3*1-2H3. The molecular formula is C22H34O2. The molecular weight excluding hydrogens is 296 g/mol. The number of Topliss-reactive ketones (excluding diaryl/α,β-unsaturated/α-hetero) is 2. The van der Waals surface area contributed by atoms with Crippen LogP contribution in [0.4, 0.5) is 0 Å². The smallest absolute Gasteiger partial charge is 0.159 e. The molecule has 2 nitrogen and oxygen atoms in total. The fourth-order valence-corrected chi connectivity index (χ4v) is 1.35. The minimum absolute atomic E-state index is 0.121. The lowest BCUT2D eigenvalue weighted by molar-refractivity contribution is 0.100. The molecule has 0 aromatic heterocycles. The van der Waals surface area contributed by atoms with Gasteiger partial charge in [-0.15, -0.1) is 0 Å². The normalized spacial score (nSPS) is 7.50. The molecule has 24 heavy (non-hydrogen) atoms. The third-order valence-corrected chi connectivity index (χ3v) is 2.36. The van der Waals surface area contributed by atoms with E-state index >= 15 is 0 Å². The van der Waals surface area contributed by atoms with Crippen molar-refractivity contribution in [3.05, 3.63) is 71.8 Å². The first-order chi connectivity index (χ1) is 11.6. The summed E-state index contributed by atoms with van der Waals surface area (Å²) in [6.07, 6.45) is 0. The van der Waals surface area contributed by atoms with Gasteiger partial charge in [0, 0.05) is 11.1 Å². The van der Waals surface area contributed by atoms with E-state index in [9.17, 15) is 9.59 Å². The SMILES string of the molecule is CC.CC.CC.CC(=O)c1ccccc1.CC(=O)c1ccccc1. The molecule has 0 spiro atoms. The van der Waals surface area contributed by atoms with E-state index in [1.54, 1.807) is 13.8 Å². The topological polar surface area (TPSA) is 34.1 Å². The highest BCUT2D eigenvalue weighted by molar-refractivity contribution is 5.94. The van der Waals surface area contributed by atoms with Crippen molar-refractivity contribution in [1.82, 2.24) is 0 Å². The number of carbonyl (C=O) groups is 2. The Morgan fingerprint density at radius 1 is 0.500 bits per heavy atom. The first-order valence-corrected chi connectivity index (χ1v) is 8.73. The van der Waals surface area contributed by atoms with E-state index in [4.69, 9.17) is 0 Å². The fraction of sp³-hybridized carbons (Fsp3) is 0.364. The Bertz CT molecular complexity index is 453. The van der Waals surface area contributed by atoms with E-state index in [-0.39, 0.29) is 11.6 Å². The minimum atomic E-state index is 0.121. The van der Waals surface area contributed by atoms with Gasteiger partial charge >= 0.3 is 0 Å². The summed E-state index contributed by atoms with van der Waals surface area (Å²) in [7, 11) is 0. The Balaban J connectivity index is -0.000000281. The first kappa shape index (κ1) is 26.7. The van der Waals surface area contributed by atoms with Crippen LogP contribution in [-0.2, 0) is 0 Å². The Morgan fingerprint density at radius 2 is 0.708 bits per heavy atom. The van der Waals surface area contributed by atoms with Crippen LogP contribution in [0.15, 0.2) is 60.7 Å². The van der Waals surface area contributed by atoms with Crippen LogP contribution in [0.3, 0.4) is 0 Å². The van der Waals surface area contributed by atoms with Gasteiger partial charge in [-0.1, -0.05) is 102 Å². The molecule has 0 aliphatic rings. The maximum Gasteiger partial charge on any atom is 0.159 e. The van der Waals surface area contributed by atoms with Gasteiger partial charge in [-0.3, -0.25) is 9.59 Å². The fourth-order valence-electron chi connectivity index (χ4n) is 1.35. The molecule has 2 aromatic rings. The predicted molar refractivity (Wildman–Crippen MR) is 107 cm³/mol. The number of rotatable bonds is 2. The lowest BCUT2D eigenvalue weighted by Crippen LogP contribution is -1.88. The van der Waals surface area contributed by atoms with Gasteiger partial charge in [-0.25, -0.2) is 0 Å². The average Bonchev–Trinajstić information content (AvgIpc) is 2.68. The molecule has 2 heteroatoms. The summed E-state index contributed by atoms with van der Waals surface area (Å²) in [5.41, 5.74) is 1.55. The van der Waals surface area contributed by atoms with E-state index < -0.39 is 0 Å². The second-order valence-corrected chi connectivity index (χ2v) is 3.84. The molecule has 0 aliphatic heterocycles. The summed E-state index contributed by atoms with van der Waals surface area (Å²) >= 11 is 0. The Kier molecular flexibility index (Phi) is 23.1. The van der Waals surface area contributed by atoms with Gasteiger partial charge in [0.1, 0.15) is 0 Å². The zero-order chi connectivity index (χ0) is 19.4. The number of hydrogen-bond donors (Lipinski definition) is 0. The van der Waals surface area contributed by atoms with Gasteiger partial charge in [0.15, 0.2) is 11.6 Å². The van der Waals surface area contributed by atoms with Gasteiger partial charge in [-0.2, -0.15) is 0 Å². The zero-order valence-electron chi connectivity index (χ0n) is 16.6. The third-order valence-electron chi connectivity index (χ3n) is 2.36. The van der Waals surface area contributed by atoms with Gasteiger partial charge in [0.2, 0.25) is 0 Å². The first-order valence-electron chi connectivity index (χ1n) is 8.73. The highest BCUT2D eigenvalue weighted by atomic mass is 16.1. The van der Waals surface area contributed by atoms with Crippen LogP contribution in [0, 0.1) is 0 Å². The molecule has 0 radical (unpaired) electrons. The molecule has 0 saturated carbocycles. The van der Waals surface area contributed by atoms with Crippen LogP contribution in [-0.4, -0.2) is 11.6 Å². The maximum atomic E-state index is 10.6. The van der Waals surface area contributed by atoms with E-state index in [2.05, 4.69) is 0 Å². The van der Waals surface area contributed by atoms with Crippen LogP contribution in [0.25, 0.3) is 0 Å². The molecule has 0 heterocycles. The second kappa shape index (κ2) is 20.8. The zero-order valence-corrected chi connectivity index (χ0v) is 16.6. The van der Waals surface area contributed by atoms with E-state index in [1.807, 2.05) is 102 Å². The van der Waals surface area contributed by atoms with Crippen LogP contribution in [0.1, 0.15) is 76.1 Å². The predicted octanol–water partition coefficient (Wildman–Crippen LogP) is 6.86. The van der Waals surface area contributed by atoms with Crippen LogP contribution in [0.5, 0.6) is 0 Å². The summed E-state index contributed by atoms with van der Waals surface area (Å²) in [5.74, 6) is 0.242. The summed E-state index contributed by atoms with van der Waals surface area (Å²) in [4.78, 5) is 21.3. The van der Waals surface area contributed by atoms with Crippen molar-refractivity contribution in [1.29, 1.82) is 0 Å². The number of hydrogen-bond acceptors (Lipinski definition) is 2. The number of benzene rings is 2. The number of ketones is 2. The quantitative estimate of drug-likeness (QED) is 0.564. The van der Waals surface area contributed by atoms with Gasteiger partial charge < -0.3 is 0 Å². The number of carbonyl (C=O) groups excluding carboxylic acids is 2. The van der Waals surface area contributed by atoms with E-state index in [1.165, 1.54) is 0 Å². The summed E-state index contributed by atoms with van der Waals surface area (Å²) in [6.45, 7) is 15.1. The van der Waals surface area contributed by atoms with Crippen molar-refractivity contribution in [3.8, 4) is 0 Å². The van der Waals surface area contributed by atoms with Crippen molar-refractivity contribution in [2.75, 3.05) is 0 Å². The third kappa shape index (κ3) is 14.7. The van der Waals surface area contributed by atoms with Crippen molar-refractivity contribution < 1.29 is 9.59 Å². The van der Waals surface area contributed by atoms with E-state index in [0.29, 0.717) is 0 Å². The second-order valence-electron chi connectivity index (χ2n) is 3.84. The monoisotopic (exact) mass is 330 g/mol. The van der Waals surface area contributed by atoms with Gasteiger partial charge in [-0.05, 0) is 13.8 Å². The largest absolute Gasteiger partial charge is 0.295 e. The minimum Gasteiger partial charge on any atom is -0.295 e. The molecule has 0 N–H and O–H groups in total. The van der Waals surface area contributed by atoms with Crippen molar-refractivity contribution in [2.24, 2.45) is 0 Å². The molecule has 0 unspecified atom stereocenters. The van der Waals surface area contributed by atoms with Crippen LogP contribution in [0.2, 0.25) is 0 Å². The highest BCUT2D eigenvalue weighted by Crippen LogP contribution is 1.98. The summed E-state index contributed by atoms with van der Waals surface area (Å²) < 4.78 is 0. The average molecular weight is 331 g/mol. The lowest BCUT2D eigenvalue weighted by Gasteiger charge is -1.89. The van der Waals surface area contributed by atoms with Crippen molar-refractivity contribution >= 4 is 11.6 Å².